The van der Waals surface area contributed by atoms with Crippen molar-refractivity contribution in [3.8, 4) is 5.75 Å². The second-order valence-electron chi connectivity index (χ2n) is 10.4. The van der Waals surface area contributed by atoms with Gasteiger partial charge in [-0.3, -0.25) is 14.4 Å². The van der Waals surface area contributed by atoms with Gasteiger partial charge in [0.05, 0.1) is 12.1 Å². The van der Waals surface area contributed by atoms with Gasteiger partial charge in [-0.25, -0.2) is 4.79 Å². The number of para-hydroxylation sites is 1. The Balaban J connectivity index is 1.67. The maximum absolute atomic E-state index is 13.2. The molecule has 0 aliphatic carbocycles. The first-order chi connectivity index (χ1) is 19.4. The number of hydrogen-bond donors (Lipinski definition) is 8. The minimum Gasteiger partial charge on any atom is -0.508 e. The van der Waals surface area contributed by atoms with Gasteiger partial charge in [-0.2, -0.15) is 0 Å². The zero-order valence-corrected chi connectivity index (χ0v) is 23.1. The van der Waals surface area contributed by atoms with E-state index in [4.69, 9.17) is 5.73 Å². The number of nitrogens with two attached hydrogens (primary N) is 1. The minimum atomic E-state index is -1.49. The largest absolute Gasteiger partial charge is 0.508 e. The molecule has 3 aromatic rings. The summed E-state index contributed by atoms with van der Waals surface area (Å²) in [6, 6.07) is 8.62. The van der Waals surface area contributed by atoms with Crippen molar-refractivity contribution >= 4 is 34.6 Å². The van der Waals surface area contributed by atoms with E-state index in [2.05, 4.69) is 20.9 Å². The van der Waals surface area contributed by atoms with Gasteiger partial charge in [0, 0.05) is 23.5 Å². The molecule has 0 saturated heterocycles. The van der Waals surface area contributed by atoms with Crippen LogP contribution in [0.1, 0.15) is 31.9 Å². The molecule has 0 bridgehead atoms. The zero-order chi connectivity index (χ0) is 30.3. The topological polar surface area (TPSA) is 207 Å². The standard InChI is InChI=1S/C29H37N5O7/c1-15(2)24(33-26(37)21(30)12-17-8-10-19(36)11-9-17)27(38)34-25(16(3)35)28(39)32-23(29(40)41)13-18-14-31-22-7-5-4-6-20(18)22/h4-11,14-16,21,23-25,31,35-36H,12-13,30H2,1-3H3,(H,32,39)(H,33,37)(H,34,38)(H,40,41). The second-order valence-corrected chi connectivity index (χ2v) is 10.4. The van der Waals surface area contributed by atoms with E-state index in [0.29, 0.717) is 11.1 Å². The number of aromatic hydroxyl groups is 1. The Bertz CT molecular complexity index is 1370. The quantitative estimate of drug-likeness (QED) is 0.146. The molecule has 0 aliphatic heterocycles. The number of aliphatic hydroxyl groups excluding tert-OH is 1. The van der Waals surface area contributed by atoms with E-state index in [0.717, 1.165) is 10.9 Å². The van der Waals surface area contributed by atoms with Crippen LogP contribution in [0.3, 0.4) is 0 Å². The van der Waals surface area contributed by atoms with E-state index in [1.807, 2.05) is 24.3 Å². The average molecular weight is 568 g/mol. The molecule has 1 heterocycles. The molecule has 0 spiro atoms. The number of carbonyl (C=O) groups is 4. The predicted octanol–water partition coefficient (Wildman–Crippen LogP) is 0.562. The summed E-state index contributed by atoms with van der Waals surface area (Å²) < 4.78 is 0. The molecule has 3 amide bonds. The summed E-state index contributed by atoms with van der Waals surface area (Å²) >= 11 is 0. The molecule has 1 aromatic heterocycles. The van der Waals surface area contributed by atoms with Crippen LogP contribution in [0.5, 0.6) is 5.75 Å². The number of carbonyl (C=O) groups excluding carboxylic acids is 3. The lowest BCUT2D eigenvalue weighted by molar-refractivity contribution is -0.143. The maximum Gasteiger partial charge on any atom is 0.326 e. The number of phenols is 1. The van der Waals surface area contributed by atoms with E-state index < -0.39 is 59.9 Å². The number of carboxylic acids is 1. The molecule has 2 aromatic carbocycles. The number of carboxylic acid groups (broad SMARTS) is 1. The third-order valence-corrected chi connectivity index (χ3v) is 6.75. The molecule has 0 saturated carbocycles. The Labute approximate surface area is 237 Å². The predicted molar refractivity (Wildman–Crippen MR) is 152 cm³/mol. The van der Waals surface area contributed by atoms with E-state index in [1.54, 1.807) is 32.2 Å². The van der Waals surface area contributed by atoms with E-state index in [1.165, 1.54) is 19.1 Å². The van der Waals surface area contributed by atoms with Gasteiger partial charge in [0.1, 0.15) is 23.9 Å². The highest BCUT2D eigenvalue weighted by atomic mass is 16.4. The van der Waals surface area contributed by atoms with Gasteiger partial charge < -0.3 is 42.0 Å². The molecule has 3 rings (SSSR count). The molecule has 5 unspecified atom stereocenters. The van der Waals surface area contributed by atoms with Gasteiger partial charge in [0.2, 0.25) is 17.7 Å². The van der Waals surface area contributed by atoms with Crippen molar-refractivity contribution in [2.75, 3.05) is 0 Å². The third-order valence-electron chi connectivity index (χ3n) is 6.75. The number of H-pyrrole nitrogens is 1. The third kappa shape index (κ3) is 8.29. The molecule has 41 heavy (non-hydrogen) atoms. The van der Waals surface area contributed by atoms with Crippen LogP contribution >= 0.6 is 0 Å². The first kappa shape index (κ1) is 31.1. The highest BCUT2D eigenvalue weighted by Gasteiger charge is 2.34. The Morgan fingerprint density at radius 2 is 1.46 bits per heavy atom. The monoisotopic (exact) mass is 567 g/mol. The van der Waals surface area contributed by atoms with Crippen LogP contribution in [-0.4, -0.2) is 74.3 Å². The Morgan fingerprint density at radius 3 is 2.07 bits per heavy atom. The summed E-state index contributed by atoms with van der Waals surface area (Å²) in [5, 5.41) is 37.8. The summed E-state index contributed by atoms with van der Waals surface area (Å²) in [6.07, 6.45) is 0.421. The van der Waals surface area contributed by atoms with E-state index in [-0.39, 0.29) is 18.6 Å². The number of aliphatic carboxylic acids is 1. The van der Waals surface area contributed by atoms with Gasteiger partial charge in [-0.05, 0) is 48.6 Å². The molecule has 5 atom stereocenters. The number of phenolic OH excluding ortho intramolecular Hbond substituents is 1. The fraction of sp³-hybridized carbons (Fsp3) is 0.379. The van der Waals surface area contributed by atoms with E-state index in [9.17, 15) is 34.5 Å². The molecular weight excluding hydrogens is 530 g/mol. The van der Waals surface area contributed by atoms with Gasteiger partial charge in [0.15, 0.2) is 0 Å². The van der Waals surface area contributed by atoms with Gasteiger partial charge in [-0.1, -0.05) is 44.2 Å². The van der Waals surface area contributed by atoms with Crippen LogP contribution < -0.4 is 21.7 Å². The van der Waals surface area contributed by atoms with Crippen molar-refractivity contribution in [2.24, 2.45) is 11.7 Å². The molecule has 220 valence electrons. The summed E-state index contributed by atoms with van der Waals surface area (Å²) in [5.74, 6) is -3.85. The second kappa shape index (κ2) is 13.8. The van der Waals surface area contributed by atoms with Crippen LogP contribution in [0.25, 0.3) is 10.9 Å². The average Bonchev–Trinajstić information content (AvgIpc) is 3.33. The lowest BCUT2D eigenvalue weighted by atomic mass is 10.00. The van der Waals surface area contributed by atoms with Crippen molar-refractivity contribution in [1.29, 1.82) is 0 Å². The number of hydrogen-bond acceptors (Lipinski definition) is 7. The summed E-state index contributed by atoms with van der Waals surface area (Å²) in [4.78, 5) is 54.1. The fourth-order valence-corrected chi connectivity index (χ4v) is 4.40. The number of amides is 3. The van der Waals surface area contributed by atoms with Crippen molar-refractivity contribution < 1.29 is 34.5 Å². The first-order valence-electron chi connectivity index (χ1n) is 13.3. The number of rotatable bonds is 13. The van der Waals surface area contributed by atoms with Crippen molar-refractivity contribution in [2.45, 2.75) is 63.9 Å². The molecular formula is C29H37N5O7. The molecule has 0 aliphatic rings. The van der Waals surface area contributed by atoms with Crippen LogP contribution in [0.15, 0.2) is 54.7 Å². The van der Waals surface area contributed by atoms with Crippen molar-refractivity contribution in [3.05, 3.63) is 65.9 Å². The Kier molecular flexibility index (Phi) is 10.5. The van der Waals surface area contributed by atoms with Crippen LogP contribution in [-0.2, 0) is 32.0 Å². The number of aromatic amines is 1. The van der Waals surface area contributed by atoms with Crippen molar-refractivity contribution in [1.82, 2.24) is 20.9 Å². The number of nitrogens with one attached hydrogen (secondary N) is 4. The highest BCUT2D eigenvalue weighted by Crippen LogP contribution is 2.19. The fourth-order valence-electron chi connectivity index (χ4n) is 4.40. The normalized spacial score (nSPS) is 15.0. The Hall–Kier alpha value is -4.42. The first-order valence-corrected chi connectivity index (χ1v) is 13.3. The Morgan fingerprint density at radius 1 is 0.854 bits per heavy atom. The van der Waals surface area contributed by atoms with Gasteiger partial charge in [-0.15, -0.1) is 0 Å². The SMILES string of the molecule is CC(C)C(NC(=O)C(N)Cc1ccc(O)cc1)C(=O)NC(C(=O)NC(Cc1c[nH]c2ccccc12)C(=O)O)C(C)O. The molecule has 12 nitrogen and oxygen atoms in total. The van der Waals surface area contributed by atoms with Crippen LogP contribution in [0.4, 0.5) is 0 Å². The number of fused-ring (bicyclic) bond motifs is 1. The molecule has 0 radical (unpaired) electrons. The van der Waals surface area contributed by atoms with Crippen LogP contribution in [0, 0.1) is 5.92 Å². The molecule has 12 heteroatoms. The molecule has 0 fully saturated rings. The van der Waals surface area contributed by atoms with Gasteiger partial charge >= 0.3 is 5.97 Å². The van der Waals surface area contributed by atoms with Crippen molar-refractivity contribution in [3.63, 3.8) is 0 Å². The number of aromatic nitrogens is 1. The highest BCUT2D eigenvalue weighted by molar-refractivity contribution is 5.94. The maximum atomic E-state index is 13.2. The summed E-state index contributed by atoms with van der Waals surface area (Å²) in [7, 11) is 0. The van der Waals surface area contributed by atoms with Gasteiger partial charge in [0.25, 0.3) is 0 Å². The lowest BCUT2D eigenvalue weighted by Gasteiger charge is -2.28. The molecule has 9 N–H and O–H groups in total. The van der Waals surface area contributed by atoms with E-state index >= 15 is 0 Å². The number of aliphatic hydroxyl groups is 1. The minimum absolute atomic E-state index is 0.0326. The summed E-state index contributed by atoms with van der Waals surface area (Å²) in [5.41, 5.74) is 8.24. The lowest BCUT2D eigenvalue weighted by Crippen LogP contribution is -2.61. The zero-order valence-electron chi connectivity index (χ0n) is 23.1. The smallest absolute Gasteiger partial charge is 0.326 e. The number of benzene rings is 2. The summed E-state index contributed by atoms with van der Waals surface area (Å²) in [6.45, 7) is 4.67. The van der Waals surface area contributed by atoms with Crippen LogP contribution in [0.2, 0.25) is 0 Å².